The van der Waals surface area contributed by atoms with Gasteiger partial charge < -0.3 is 10.0 Å². The standard InChI is InChI=1S/C19H27N5O2/c1-5-23-13(3)17(12(2)21-23)18(25)24-14-6-7-15(24)11-19(26,10-14)16-8-9-20-22(16)4/h8-9,14-15,26H,5-7,10-11H2,1-4H3. The highest BCUT2D eigenvalue weighted by molar-refractivity contribution is 5.97. The molecule has 0 aromatic carbocycles. The lowest BCUT2D eigenvalue weighted by atomic mass is 9.83. The highest BCUT2D eigenvalue weighted by Gasteiger charge is 2.51. The highest BCUT2D eigenvalue weighted by atomic mass is 16.3. The van der Waals surface area contributed by atoms with E-state index < -0.39 is 5.60 Å². The van der Waals surface area contributed by atoms with Crippen LogP contribution in [0, 0.1) is 13.8 Å². The third kappa shape index (κ3) is 2.40. The predicted octanol–water partition coefficient (Wildman–Crippen LogP) is 1.91. The van der Waals surface area contributed by atoms with E-state index in [-0.39, 0.29) is 18.0 Å². The van der Waals surface area contributed by atoms with Crippen molar-refractivity contribution in [2.75, 3.05) is 0 Å². The lowest BCUT2D eigenvalue weighted by molar-refractivity contribution is -0.0530. The molecule has 2 aromatic heterocycles. The molecule has 140 valence electrons. The van der Waals surface area contributed by atoms with Gasteiger partial charge in [-0.3, -0.25) is 14.2 Å². The number of piperidine rings is 1. The highest BCUT2D eigenvalue weighted by Crippen LogP contribution is 2.46. The van der Waals surface area contributed by atoms with Crippen molar-refractivity contribution < 1.29 is 9.90 Å². The van der Waals surface area contributed by atoms with E-state index in [4.69, 9.17) is 0 Å². The molecule has 7 heteroatoms. The van der Waals surface area contributed by atoms with E-state index in [0.717, 1.165) is 42.0 Å². The van der Waals surface area contributed by atoms with Gasteiger partial charge >= 0.3 is 0 Å². The van der Waals surface area contributed by atoms with Crippen molar-refractivity contribution in [2.45, 2.75) is 70.7 Å². The van der Waals surface area contributed by atoms with Crippen LogP contribution in [-0.4, -0.2) is 47.6 Å². The Hall–Kier alpha value is -2.15. The molecule has 2 aromatic rings. The van der Waals surface area contributed by atoms with Crippen LogP contribution in [0.1, 0.15) is 60.0 Å². The summed E-state index contributed by atoms with van der Waals surface area (Å²) in [6, 6.07) is 2.01. The molecule has 2 unspecified atom stereocenters. The van der Waals surface area contributed by atoms with Gasteiger partial charge in [0.25, 0.3) is 5.91 Å². The van der Waals surface area contributed by atoms with Gasteiger partial charge in [0.15, 0.2) is 0 Å². The summed E-state index contributed by atoms with van der Waals surface area (Å²) >= 11 is 0. The molecule has 0 saturated carbocycles. The van der Waals surface area contributed by atoms with E-state index in [1.165, 1.54) is 0 Å². The molecule has 2 aliphatic heterocycles. The number of nitrogens with zero attached hydrogens (tertiary/aromatic N) is 5. The van der Waals surface area contributed by atoms with Gasteiger partial charge in [0.05, 0.1) is 17.0 Å². The van der Waals surface area contributed by atoms with Crippen LogP contribution in [0.5, 0.6) is 0 Å². The summed E-state index contributed by atoms with van der Waals surface area (Å²) in [4.78, 5) is 15.4. The van der Waals surface area contributed by atoms with Crippen LogP contribution in [0.2, 0.25) is 0 Å². The second-order valence-corrected chi connectivity index (χ2v) is 7.74. The van der Waals surface area contributed by atoms with E-state index in [2.05, 4.69) is 10.2 Å². The van der Waals surface area contributed by atoms with Crippen LogP contribution in [0.15, 0.2) is 12.3 Å². The molecule has 1 N–H and O–H groups in total. The summed E-state index contributed by atoms with van der Waals surface area (Å²) in [6.45, 7) is 6.66. The number of carbonyl (C=O) groups is 1. The molecule has 2 saturated heterocycles. The zero-order valence-electron chi connectivity index (χ0n) is 15.9. The first-order valence-corrected chi connectivity index (χ1v) is 9.43. The Kier molecular flexibility index (Phi) is 3.95. The van der Waals surface area contributed by atoms with Gasteiger partial charge in [-0.2, -0.15) is 10.2 Å². The minimum atomic E-state index is -0.911. The zero-order valence-corrected chi connectivity index (χ0v) is 15.9. The largest absolute Gasteiger partial charge is 0.383 e. The van der Waals surface area contributed by atoms with Crippen molar-refractivity contribution in [3.05, 3.63) is 34.9 Å². The van der Waals surface area contributed by atoms with Crippen molar-refractivity contribution >= 4 is 5.91 Å². The van der Waals surface area contributed by atoms with Gasteiger partial charge in [-0.05, 0) is 39.7 Å². The minimum Gasteiger partial charge on any atom is -0.383 e. The average Bonchev–Trinajstić information content (AvgIpc) is 3.23. The third-order valence-electron chi connectivity index (χ3n) is 6.19. The second-order valence-electron chi connectivity index (χ2n) is 7.74. The lowest BCUT2D eigenvalue weighted by Gasteiger charge is -2.43. The van der Waals surface area contributed by atoms with Crippen LogP contribution < -0.4 is 0 Å². The molecule has 1 amide bonds. The number of hydrogen-bond donors (Lipinski definition) is 1. The van der Waals surface area contributed by atoms with Gasteiger partial charge in [0.1, 0.15) is 5.60 Å². The number of aromatic nitrogens is 4. The molecule has 2 atom stereocenters. The fourth-order valence-corrected chi connectivity index (χ4v) is 5.04. The van der Waals surface area contributed by atoms with Crippen LogP contribution in [0.4, 0.5) is 0 Å². The predicted molar refractivity (Wildman–Crippen MR) is 96.7 cm³/mol. The molecular weight excluding hydrogens is 330 g/mol. The summed E-state index contributed by atoms with van der Waals surface area (Å²) in [5.74, 6) is 0.0688. The topological polar surface area (TPSA) is 76.2 Å². The number of aryl methyl sites for hydroxylation is 3. The van der Waals surface area contributed by atoms with Crippen LogP contribution in [0.3, 0.4) is 0 Å². The maximum absolute atomic E-state index is 13.4. The van der Waals surface area contributed by atoms with E-state index in [9.17, 15) is 9.90 Å². The van der Waals surface area contributed by atoms with Gasteiger partial charge in [0.2, 0.25) is 0 Å². The summed E-state index contributed by atoms with van der Waals surface area (Å²) in [6.07, 6.45) is 4.73. The fourth-order valence-electron chi connectivity index (χ4n) is 5.04. The molecule has 4 heterocycles. The summed E-state index contributed by atoms with van der Waals surface area (Å²) in [5, 5.41) is 20.0. The SMILES string of the molecule is CCn1nc(C)c(C(=O)N2C3CCC2CC(O)(c2ccnn2C)C3)c1C. The average molecular weight is 357 g/mol. The molecule has 2 fully saturated rings. The quantitative estimate of drug-likeness (QED) is 0.910. The Morgan fingerprint density at radius 1 is 1.31 bits per heavy atom. The Morgan fingerprint density at radius 2 is 1.96 bits per heavy atom. The van der Waals surface area contributed by atoms with Crippen LogP contribution in [0.25, 0.3) is 0 Å². The molecule has 0 aliphatic carbocycles. The Morgan fingerprint density at radius 3 is 2.46 bits per heavy atom. The maximum atomic E-state index is 13.4. The first kappa shape index (κ1) is 17.3. The molecular formula is C19H27N5O2. The maximum Gasteiger partial charge on any atom is 0.258 e. The molecule has 2 bridgehead atoms. The van der Waals surface area contributed by atoms with Gasteiger partial charge in [0, 0.05) is 50.4 Å². The monoisotopic (exact) mass is 357 g/mol. The summed E-state index contributed by atoms with van der Waals surface area (Å²) in [7, 11) is 1.86. The Bertz CT molecular complexity index is 838. The first-order valence-electron chi connectivity index (χ1n) is 9.43. The van der Waals surface area contributed by atoms with Gasteiger partial charge in [-0.15, -0.1) is 0 Å². The fraction of sp³-hybridized carbons (Fsp3) is 0.632. The number of hydrogen-bond acceptors (Lipinski definition) is 4. The molecule has 4 rings (SSSR count). The zero-order chi connectivity index (χ0) is 18.6. The van der Waals surface area contributed by atoms with E-state index in [1.807, 2.05) is 43.5 Å². The number of amides is 1. The van der Waals surface area contributed by atoms with E-state index in [0.29, 0.717) is 12.8 Å². The normalized spacial score (nSPS) is 28.0. The van der Waals surface area contributed by atoms with Crippen LogP contribution >= 0.6 is 0 Å². The van der Waals surface area contributed by atoms with Crippen molar-refractivity contribution in [2.24, 2.45) is 7.05 Å². The molecule has 7 nitrogen and oxygen atoms in total. The number of rotatable bonds is 3. The van der Waals surface area contributed by atoms with Crippen molar-refractivity contribution in [1.29, 1.82) is 0 Å². The Labute approximate surface area is 153 Å². The summed E-state index contributed by atoms with van der Waals surface area (Å²) in [5.41, 5.74) is 2.39. The second kappa shape index (κ2) is 5.94. The van der Waals surface area contributed by atoms with Gasteiger partial charge in [-0.1, -0.05) is 0 Å². The molecule has 0 spiro atoms. The smallest absolute Gasteiger partial charge is 0.258 e. The first-order chi connectivity index (χ1) is 12.4. The molecule has 2 aliphatic rings. The number of fused-ring (bicyclic) bond motifs is 2. The lowest BCUT2D eigenvalue weighted by Crippen LogP contribution is -2.52. The van der Waals surface area contributed by atoms with Crippen LogP contribution in [-0.2, 0) is 19.2 Å². The summed E-state index contributed by atoms with van der Waals surface area (Å²) < 4.78 is 3.64. The van der Waals surface area contributed by atoms with Crippen molar-refractivity contribution in [3.63, 3.8) is 0 Å². The number of aliphatic hydroxyl groups is 1. The third-order valence-corrected chi connectivity index (χ3v) is 6.19. The van der Waals surface area contributed by atoms with E-state index >= 15 is 0 Å². The molecule has 26 heavy (non-hydrogen) atoms. The molecule has 0 radical (unpaired) electrons. The van der Waals surface area contributed by atoms with Crippen molar-refractivity contribution in [1.82, 2.24) is 24.5 Å². The van der Waals surface area contributed by atoms with Crippen molar-refractivity contribution in [3.8, 4) is 0 Å². The Balaban J connectivity index is 1.64. The van der Waals surface area contributed by atoms with Gasteiger partial charge in [-0.25, -0.2) is 0 Å². The van der Waals surface area contributed by atoms with E-state index in [1.54, 1.807) is 10.9 Å². The number of carbonyl (C=O) groups excluding carboxylic acids is 1. The minimum absolute atomic E-state index is 0.0601.